The second kappa shape index (κ2) is 8.46. The first-order valence-electron chi connectivity index (χ1n) is 10.5. The first-order valence-corrected chi connectivity index (χ1v) is 10.5. The predicted octanol–water partition coefficient (Wildman–Crippen LogP) is 3.74. The molecule has 2 atom stereocenters. The molecule has 1 amide bonds. The first kappa shape index (κ1) is 22.1. The lowest BCUT2D eigenvalue weighted by Crippen LogP contribution is -2.37. The Kier molecular flexibility index (Phi) is 5.85. The number of carbonyl (C=O) groups excluding carboxylic acids is 1. The number of alkyl halides is 3. The third kappa shape index (κ3) is 4.57. The fraction of sp³-hybridized carbons (Fsp3) is 0.391. The molecular weight excluding hydrogens is 421 g/mol. The van der Waals surface area contributed by atoms with Gasteiger partial charge in [0.15, 0.2) is 0 Å². The highest BCUT2D eigenvalue weighted by atomic mass is 19.4. The molecule has 0 radical (unpaired) electrons. The zero-order valence-electron chi connectivity index (χ0n) is 17.9. The number of aliphatic imine (C=N–C) groups is 1. The average Bonchev–Trinajstić information content (AvgIpc) is 3.12. The predicted molar refractivity (Wildman–Crippen MR) is 116 cm³/mol. The molecule has 0 unspecified atom stereocenters. The van der Waals surface area contributed by atoms with E-state index in [0.717, 1.165) is 29.7 Å². The topological polar surface area (TPSA) is 80.0 Å². The maximum absolute atomic E-state index is 13.2. The zero-order valence-corrected chi connectivity index (χ0v) is 17.9. The van der Waals surface area contributed by atoms with Gasteiger partial charge in [-0.05, 0) is 61.3 Å². The minimum absolute atomic E-state index is 0.00959. The molecular formula is C23H25F3N4O2. The smallest absolute Gasteiger partial charge is 0.399 e. The van der Waals surface area contributed by atoms with Crippen molar-refractivity contribution in [2.75, 3.05) is 25.5 Å². The second-order valence-corrected chi connectivity index (χ2v) is 8.23. The maximum Gasteiger partial charge on any atom is 0.416 e. The van der Waals surface area contributed by atoms with Gasteiger partial charge >= 0.3 is 6.18 Å². The lowest BCUT2D eigenvalue weighted by Gasteiger charge is -2.27. The molecule has 0 saturated heterocycles. The van der Waals surface area contributed by atoms with Gasteiger partial charge in [0.1, 0.15) is 5.84 Å². The number of benzene rings is 1. The van der Waals surface area contributed by atoms with Gasteiger partial charge in [-0.3, -0.25) is 9.79 Å². The molecule has 0 saturated carbocycles. The van der Waals surface area contributed by atoms with Crippen molar-refractivity contribution in [3.63, 3.8) is 0 Å². The highest BCUT2D eigenvalue weighted by molar-refractivity contribution is 6.22. The number of ether oxygens (including phenoxy) is 1. The van der Waals surface area contributed by atoms with Crippen LogP contribution < -0.4 is 11.1 Å². The lowest BCUT2D eigenvalue weighted by molar-refractivity contribution is -0.137. The minimum Gasteiger partial charge on any atom is -0.399 e. The molecule has 0 aromatic heterocycles. The molecule has 1 aromatic rings. The molecule has 3 aliphatic heterocycles. The number of fused-ring (bicyclic) bond motifs is 1. The fourth-order valence-electron chi connectivity index (χ4n) is 4.04. The van der Waals surface area contributed by atoms with E-state index in [9.17, 15) is 18.0 Å². The number of hydrogen-bond donors (Lipinski definition) is 2. The molecule has 0 spiro atoms. The Morgan fingerprint density at radius 2 is 2.12 bits per heavy atom. The van der Waals surface area contributed by atoms with E-state index in [0.29, 0.717) is 31.2 Å². The van der Waals surface area contributed by atoms with Gasteiger partial charge in [-0.15, -0.1) is 0 Å². The summed E-state index contributed by atoms with van der Waals surface area (Å²) in [6, 6.07) is 2.68. The quantitative estimate of drug-likeness (QED) is 0.691. The highest BCUT2D eigenvalue weighted by Gasteiger charge is 2.33. The number of amides is 1. The number of nitrogens with one attached hydrogen (secondary N) is 1. The Bertz CT molecular complexity index is 1060. The minimum atomic E-state index is -4.52. The second-order valence-electron chi connectivity index (χ2n) is 8.23. The summed E-state index contributed by atoms with van der Waals surface area (Å²) in [5.74, 6) is 0.173. The van der Waals surface area contributed by atoms with Crippen molar-refractivity contribution < 1.29 is 22.7 Å². The zero-order chi connectivity index (χ0) is 23.0. The van der Waals surface area contributed by atoms with Crippen molar-refractivity contribution in [1.29, 1.82) is 0 Å². The molecule has 4 rings (SSSR count). The molecule has 3 aliphatic rings. The van der Waals surface area contributed by atoms with Gasteiger partial charge in [0.2, 0.25) is 0 Å². The van der Waals surface area contributed by atoms with Crippen LogP contribution in [0.3, 0.4) is 0 Å². The fourth-order valence-corrected chi connectivity index (χ4v) is 4.04. The number of nitrogens with zero attached hydrogens (tertiary/aromatic N) is 2. The van der Waals surface area contributed by atoms with Crippen LogP contribution in [0.25, 0.3) is 0 Å². The Morgan fingerprint density at radius 1 is 1.34 bits per heavy atom. The molecule has 6 nitrogen and oxygen atoms in total. The maximum atomic E-state index is 13.2. The van der Waals surface area contributed by atoms with E-state index in [1.807, 2.05) is 24.1 Å². The third-order valence-electron chi connectivity index (χ3n) is 5.64. The summed E-state index contributed by atoms with van der Waals surface area (Å²) >= 11 is 0. The van der Waals surface area contributed by atoms with E-state index in [1.165, 1.54) is 6.07 Å². The van der Waals surface area contributed by atoms with Gasteiger partial charge in [-0.2, -0.15) is 13.2 Å². The van der Waals surface area contributed by atoms with Gasteiger partial charge in [0.05, 0.1) is 36.4 Å². The van der Waals surface area contributed by atoms with Crippen LogP contribution in [0, 0.1) is 0 Å². The van der Waals surface area contributed by atoms with Crippen LogP contribution >= 0.6 is 0 Å². The summed E-state index contributed by atoms with van der Waals surface area (Å²) < 4.78 is 44.9. The van der Waals surface area contributed by atoms with Crippen LogP contribution in [-0.4, -0.2) is 42.4 Å². The van der Waals surface area contributed by atoms with Crippen LogP contribution in [0.4, 0.5) is 18.9 Å². The van der Waals surface area contributed by atoms with Crippen molar-refractivity contribution >= 4 is 17.4 Å². The first-order chi connectivity index (χ1) is 15.1. The van der Waals surface area contributed by atoms with E-state index in [2.05, 4.69) is 10.3 Å². The SMILES string of the molecule is C[C@@H]1CN2C=C(C3=CCOCC3)C=C(C(=O)N[C@H](C)c3cc(N)cc(C(F)(F)F)c3)C2=N1. The summed E-state index contributed by atoms with van der Waals surface area (Å²) in [6.07, 6.45) is 2.01. The van der Waals surface area contributed by atoms with Crippen LogP contribution in [0.5, 0.6) is 0 Å². The lowest BCUT2D eigenvalue weighted by atomic mass is 9.96. The third-order valence-corrected chi connectivity index (χ3v) is 5.64. The Balaban J connectivity index is 1.61. The van der Waals surface area contributed by atoms with E-state index >= 15 is 0 Å². The van der Waals surface area contributed by atoms with Gasteiger partial charge in [-0.1, -0.05) is 6.08 Å². The standard InChI is InChI=1S/C23H25F3N4O2/c1-13-11-30-12-17(15-3-5-32-6-4-15)9-20(21(30)28-13)22(31)29-14(2)16-7-18(23(24,25)26)10-19(27)8-16/h3,7-10,12-14H,4-6,11,27H2,1-2H3,(H,29,31)/t13-,14-/m1/s1. The Hall–Kier alpha value is -3.07. The number of allylic oxidation sites excluding steroid dienone is 2. The van der Waals surface area contributed by atoms with Crippen LogP contribution in [0.1, 0.15) is 37.4 Å². The normalized spacial score (nSPS) is 21.8. The largest absolute Gasteiger partial charge is 0.416 e. The number of nitrogen functional groups attached to an aromatic ring is 1. The molecule has 3 heterocycles. The summed E-state index contributed by atoms with van der Waals surface area (Å²) in [4.78, 5) is 19.8. The number of nitrogens with two attached hydrogens (primary N) is 1. The molecule has 9 heteroatoms. The summed E-state index contributed by atoms with van der Waals surface area (Å²) in [7, 11) is 0. The summed E-state index contributed by atoms with van der Waals surface area (Å²) in [6.45, 7) is 5.39. The van der Waals surface area contributed by atoms with Gasteiger partial charge in [0, 0.05) is 18.4 Å². The number of anilines is 1. The molecule has 170 valence electrons. The van der Waals surface area contributed by atoms with E-state index in [-0.39, 0.29) is 17.3 Å². The molecule has 0 fully saturated rings. The van der Waals surface area contributed by atoms with Crippen molar-refractivity contribution in [3.8, 4) is 0 Å². The van der Waals surface area contributed by atoms with Crippen molar-refractivity contribution in [3.05, 3.63) is 64.4 Å². The molecule has 1 aromatic carbocycles. The van der Waals surface area contributed by atoms with Gasteiger partial charge < -0.3 is 20.7 Å². The van der Waals surface area contributed by atoms with Crippen molar-refractivity contribution in [1.82, 2.24) is 10.2 Å². The molecule has 0 aliphatic carbocycles. The Labute approximate surface area is 184 Å². The monoisotopic (exact) mass is 446 g/mol. The molecule has 0 bridgehead atoms. The van der Waals surface area contributed by atoms with Crippen molar-refractivity contribution in [2.45, 2.75) is 38.5 Å². The van der Waals surface area contributed by atoms with E-state index < -0.39 is 23.7 Å². The summed E-state index contributed by atoms with van der Waals surface area (Å²) in [5.41, 5.74) is 7.52. The van der Waals surface area contributed by atoms with Crippen LogP contribution in [0.2, 0.25) is 0 Å². The number of rotatable bonds is 4. The van der Waals surface area contributed by atoms with Gasteiger partial charge in [0.25, 0.3) is 5.91 Å². The number of amidine groups is 1. The summed E-state index contributed by atoms with van der Waals surface area (Å²) in [5, 5.41) is 2.81. The Morgan fingerprint density at radius 3 is 2.81 bits per heavy atom. The molecule has 32 heavy (non-hydrogen) atoms. The highest BCUT2D eigenvalue weighted by Crippen LogP contribution is 2.33. The number of halogens is 3. The van der Waals surface area contributed by atoms with E-state index in [1.54, 1.807) is 13.0 Å². The molecule has 3 N–H and O–H groups in total. The van der Waals surface area contributed by atoms with E-state index in [4.69, 9.17) is 10.5 Å². The van der Waals surface area contributed by atoms with Gasteiger partial charge in [-0.25, -0.2) is 0 Å². The number of hydrogen-bond acceptors (Lipinski definition) is 5. The number of carbonyl (C=O) groups is 1. The average molecular weight is 446 g/mol. The van der Waals surface area contributed by atoms with Crippen LogP contribution in [-0.2, 0) is 15.7 Å². The van der Waals surface area contributed by atoms with Crippen LogP contribution in [0.15, 0.2) is 58.3 Å². The van der Waals surface area contributed by atoms with Crippen molar-refractivity contribution in [2.24, 2.45) is 4.99 Å².